The average molecular weight is 229 g/mol. The van der Waals surface area contributed by atoms with Gasteiger partial charge in [-0.25, -0.2) is 0 Å². The molecule has 0 amide bonds. The van der Waals surface area contributed by atoms with Crippen molar-refractivity contribution in [1.82, 2.24) is 4.57 Å². The molecular weight excluding hydrogens is 214 g/mol. The molecule has 3 heteroatoms. The Morgan fingerprint density at radius 2 is 1.88 bits per heavy atom. The smallest absolute Gasteiger partial charge is 0.262 e. The van der Waals surface area contributed by atoms with Crippen molar-refractivity contribution < 1.29 is 4.79 Å². The van der Waals surface area contributed by atoms with Crippen LogP contribution >= 0.6 is 0 Å². The zero-order chi connectivity index (χ0) is 12.6. The van der Waals surface area contributed by atoms with Gasteiger partial charge in [-0.2, -0.15) is 0 Å². The van der Waals surface area contributed by atoms with Gasteiger partial charge in [0.15, 0.2) is 5.78 Å². The summed E-state index contributed by atoms with van der Waals surface area (Å²) in [5.74, 6) is -0.185. The third-order valence-corrected chi connectivity index (χ3v) is 2.84. The number of para-hydroxylation sites is 1. The van der Waals surface area contributed by atoms with Crippen molar-refractivity contribution in [1.29, 1.82) is 0 Å². The number of benzene rings is 1. The van der Waals surface area contributed by atoms with Crippen LogP contribution in [0.3, 0.4) is 0 Å². The Balaban J connectivity index is 2.96. The fourth-order valence-electron chi connectivity index (χ4n) is 2.05. The fourth-order valence-corrected chi connectivity index (χ4v) is 2.05. The Morgan fingerprint density at radius 3 is 2.47 bits per heavy atom. The third kappa shape index (κ3) is 1.88. The Morgan fingerprint density at radius 1 is 1.24 bits per heavy atom. The van der Waals surface area contributed by atoms with E-state index in [9.17, 15) is 9.59 Å². The molecule has 0 atom stereocenters. The summed E-state index contributed by atoms with van der Waals surface area (Å²) in [5.41, 5.74) is 0.932. The summed E-state index contributed by atoms with van der Waals surface area (Å²) >= 11 is 0. The summed E-state index contributed by atoms with van der Waals surface area (Å²) < 4.78 is 1.67. The van der Waals surface area contributed by atoms with Gasteiger partial charge in [0.2, 0.25) is 0 Å². The highest BCUT2D eigenvalue weighted by Crippen LogP contribution is 2.17. The summed E-state index contributed by atoms with van der Waals surface area (Å²) in [6, 6.07) is 9.33. The quantitative estimate of drug-likeness (QED) is 0.743. The number of Topliss-reactive ketones (excluding diaryl/α,β-unsaturated/α-hetero) is 1. The summed E-state index contributed by atoms with van der Waals surface area (Å²) in [6.45, 7) is 5.31. The van der Waals surface area contributed by atoms with E-state index in [4.69, 9.17) is 0 Å². The fraction of sp³-hybridized carbons (Fsp3) is 0.286. The van der Waals surface area contributed by atoms with Crippen LogP contribution in [0.1, 0.15) is 37.2 Å². The molecule has 0 aliphatic rings. The third-order valence-electron chi connectivity index (χ3n) is 2.84. The Labute approximate surface area is 99.7 Å². The highest BCUT2D eigenvalue weighted by molar-refractivity contribution is 5.97. The van der Waals surface area contributed by atoms with Gasteiger partial charge in [0.1, 0.15) is 0 Å². The van der Waals surface area contributed by atoms with Gasteiger partial charge in [-0.05, 0) is 38.3 Å². The van der Waals surface area contributed by atoms with Crippen molar-refractivity contribution in [2.75, 3.05) is 0 Å². The topological polar surface area (TPSA) is 39.1 Å². The number of carbonyl (C=O) groups is 1. The van der Waals surface area contributed by atoms with Crippen molar-refractivity contribution in [3.05, 3.63) is 46.2 Å². The number of ketones is 1. The molecule has 0 saturated carbocycles. The molecule has 0 aliphatic carbocycles. The van der Waals surface area contributed by atoms with Crippen molar-refractivity contribution in [2.45, 2.75) is 26.8 Å². The van der Waals surface area contributed by atoms with E-state index >= 15 is 0 Å². The van der Waals surface area contributed by atoms with Gasteiger partial charge in [0.05, 0.1) is 11.1 Å². The monoisotopic (exact) mass is 229 g/mol. The molecule has 3 nitrogen and oxygen atoms in total. The number of hydrogen-bond donors (Lipinski definition) is 0. The molecule has 2 rings (SSSR count). The minimum atomic E-state index is -0.203. The molecule has 0 spiro atoms. The molecule has 0 aliphatic heterocycles. The molecule has 88 valence electrons. The molecule has 0 unspecified atom stereocenters. The predicted molar refractivity (Wildman–Crippen MR) is 68.6 cm³/mol. The Kier molecular flexibility index (Phi) is 2.84. The molecule has 17 heavy (non-hydrogen) atoms. The van der Waals surface area contributed by atoms with E-state index in [-0.39, 0.29) is 22.9 Å². The van der Waals surface area contributed by atoms with Crippen LogP contribution in [0.2, 0.25) is 0 Å². The maximum Gasteiger partial charge on any atom is 0.262 e. The van der Waals surface area contributed by atoms with Gasteiger partial charge < -0.3 is 4.57 Å². The maximum absolute atomic E-state index is 12.2. The lowest BCUT2D eigenvalue weighted by Gasteiger charge is -2.15. The van der Waals surface area contributed by atoms with Crippen LogP contribution in [-0.4, -0.2) is 10.4 Å². The number of hydrogen-bond acceptors (Lipinski definition) is 2. The van der Waals surface area contributed by atoms with Crippen molar-refractivity contribution >= 4 is 16.7 Å². The van der Waals surface area contributed by atoms with E-state index in [0.29, 0.717) is 0 Å². The minimum Gasteiger partial charge on any atom is -0.305 e. The zero-order valence-electron chi connectivity index (χ0n) is 10.2. The number of pyridine rings is 1. The Bertz CT molecular complexity index is 638. The van der Waals surface area contributed by atoms with E-state index in [0.717, 1.165) is 10.9 Å². The van der Waals surface area contributed by atoms with E-state index in [1.165, 1.54) is 6.92 Å². The molecule has 0 radical (unpaired) electrons. The van der Waals surface area contributed by atoms with E-state index in [1.54, 1.807) is 10.6 Å². The zero-order valence-corrected chi connectivity index (χ0v) is 10.2. The van der Waals surface area contributed by atoms with Crippen molar-refractivity contribution in [2.24, 2.45) is 0 Å². The van der Waals surface area contributed by atoms with Crippen LogP contribution in [-0.2, 0) is 0 Å². The summed E-state index contributed by atoms with van der Waals surface area (Å²) in [5, 5.41) is 0.922. The molecular formula is C14H15NO2. The van der Waals surface area contributed by atoms with Crippen molar-refractivity contribution in [3.8, 4) is 0 Å². The second-order valence-electron chi connectivity index (χ2n) is 4.44. The number of aromatic nitrogens is 1. The lowest BCUT2D eigenvalue weighted by Crippen LogP contribution is -2.27. The molecule has 0 N–H and O–H groups in total. The molecule has 2 aromatic rings. The maximum atomic E-state index is 12.2. The lowest BCUT2D eigenvalue weighted by molar-refractivity contribution is 0.101. The first-order valence-corrected chi connectivity index (χ1v) is 5.67. The van der Waals surface area contributed by atoms with Gasteiger partial charge in [-0.15, -0.1) is 0 Å². The van der Waals surface area contributed by atoms with E-state index in [1.807, 2.05) is 38.1 Å². The van der Waals surface area contributed by atoms with Crippen LogP contribution in [0.25, 0.3) is 10.9 Å². The highest BCUT2D eigenvalue weighted by atomic mass is 16.1. The Hall–Kier alpha value is -1.90. The minimum absolute atomic E-state index is 0.0340. The van der Waals surface area contributed by atoms with Crippen LogP contribution < -0.4 is 5.56 Å². The number of carbonyl (C=O) groups excluding carboxylic acids is 1. The van der Waals surface area contributed by atoms with Crippen LogP contribution in [0, 0.1) is 0 Å². The predicted octanol–water partition coefficient (Wildman–Crippen LogP) is 2.79. The first-order valence-electron chi connectivity index (χ1n) is 5.67. The van der Waals surface area contributed by atoms with Gasteiger partial charge in [0, 0.05) is 6.04 Å². The first kappa shape index (κ1) is 11.6. The van der Waals surface area contributed by atoms with Crippen LogP contribution in [0.5, 0.6) is 0 Å². The summed E-state index contributed by atoms with van der Waals surface area (Å²) in [4.78, 5) is 23.7. The molecule has 0 bridgehead atoms. The largest absolute Gasteiger partial charge is 0.305 e. The molecule has 0 saturated heterocycles. The van der Waals surface area contributed by atoms with Crippen LogP contribution in [0.15, 0.2) is 35.1 Å². The second kappa shape index (κ2) is 4.17. The molecule has 1 aromatic heterocycles. The molecule has 1 heterocycles. The van der Waals surface area contributed by atoms with E-state index < -0.39 is 0 Å². The van der Waals surface area contributed by atoms with Gasteiger partial charge in [-0.1, -0.05) is 18.2 Å². The molecule has 1 aromatic carbocycles. The van der Waals surface area contributed by atoms with Gasteiger partial charge in [-0.3, -0.25) is 9.59 Å². The summed E-state index contributed by atoms with van der Waals surface area (Å²) in [7, 11) is 0. The first-order chi connectivity index (χ1) is 8.02. The van der Waals surface area contributed by atoms with Crippen molar-refractivity contribution in [3.63, 3.8) is 0 Å². The van der Waals surface area contributed by atoms with Gasteiger partial charge in [0.25, 0.3) is 5.56 Å². The SMILES string of the molecule is CC(=O)c1cc2ccccc2n(C(C)C)c1=O. The van der Waals surface area contributed by atoms with E-state index in [2.05, 4.69) is 0 Å². The highest BCUT2D eigenvalue weighted by Gasteiger charge is 2.13. The molecule has 0 fully saturated rings. The number of rotatable bonds is 2. The lowest BCUT2D eigenvalue weighted by atomic mass is 10.1. The van der Waals surface area contributed by atoms with Crippen LogP contribution in [0.4, 0.5) is 0 Å². The standard InChI is InChI=1S/C14H15NO2/c1-9(2)15-13-7-5-4-6-11(13)8-12(10(3)16)14(15)17/h4-9H,1-3H3. The van der Waals surface area contributed by atoms with Gasteiger partial charge >= 0.3 is 0 Å². The summed E-state index contributed by atoms with van der Waals surface area (Å²) in [6.07, 6.45) is 0. The average Bonchev–Trinajstić information content (AvgIpc) is 2.27. The number of fused-ring (bicyclic) bond motifs is 1. The second-order valence-corrected chi connectivity index (χ2v) is 4.44. The number of nitrogens with zero attached hydrogens (tertiary/aromatic N) is 1. The normalized spacial score (nSPS) is 11.1.